The fourth-order valence-corrected chi connectivity index (χ4v) is 14.5. The maximum Gasteiger partial charge on any atom is 0.177 e. The zero-order chi connectivity index (χ0) is 74.3. The normalized spacial score (nSPS) is 11.2. The molecule has 0 aliphatic heterocycles. The predicted octanol–water partition coefficient (Wildman–Crippen LogP) is 27.2. The molecule has 0 bridgehead atoms. The molecular weight excluding hydrogens is 1450 g/mol. The molecule has 0 amide bonds. The molecule has 0 unspecified atom stereocenters. The Morgan fingerprint density at radius 1 is 0.461 bits per heavy atom. The van der Waals surface area contributed by atoms with Crippen molar-refractivity contribution in [3.8, 4) is 31.8 Å². The number of aromatic amines is 2. The standard InChI is InChI=1S/C13H14ClNS.C13H14ClN.C12H14ClN.C11H13ClN2.2C11H12ClNOS.C11H18N2/c1-9(2)7-10-3-4-11(15-8-10)12-5-6-13(14)16-12;1-9(2)7-12-6-4-10-3-5-11(14)8-13(10)15-12;1-8(2)5-9-7-14-12-4-3-10(13)6-11(9)12;1-7(2)5-11-9-6-8(12)3-4-10(9)13-14-11;1-7(2)5-8-6-9(13-14-8)10-3-4-11(12)15-10;1-7(2)5-8-6-9(14-13-8)10-3-4-11(12)15-10;1-7(2)5-10-8(3)6-11(12)13-9(10)4/h3-6,8-9H,7H2,1-2H3;3-6,8-9H,7H2,1-2H3;3-4,6-8,14H,5H2,1-2H3;3-4,6-7H,5H2,1-2H3,(H,13,14);2*3-4,6-7H,5H2,1-2H3;6-7H,5H2,1-4H3,(H2,12,13). The van der Waals surface area contributed by atoms with E-state index in [4.69, 9.17) is 84.4 Å². The van der Waals surface area contributed by atoms with Crippen LogP contribution in [0.15, 0.2) is 155 Å². The smallest absolute Gasteiger partial charge is 0.177 e. The first kappa shape index (κ1) is 82.7. The van der Waals surface area contributed by atoms with Gasteiger partial charge in [-0.2, -0.15) is 5.10 Å². The van der Waals surface area contributed by atoms with Crippen LogP contribution in [0.5, 0.6) is 0 Å². The third-order valence-electron chi connectivity index (χ3n) is 15.4. The van der Waals surface area contributed by atoms with Gasteiger partial charge in [0.2, 0.25) is 0 Å². The molecule has 4 N–H and O–H groups in total. The van der Waals surface area contributed by atoms with Crippen molar-refractivity contribution in [3.63, 3.8) is 0 Å². The van der Waals surface area contributed by atoms with Crippen molar-refractivity contribution in [2.75, 3.05) is 5.73 Å². The number of anilines is 1. The Morgan fingerprint density at radius 2 is 1.02 bits per heavy atom. The first-order valence-electron chi connectivity index (χ1n) is 34.7. The van der Waals surface area contributed by atoms with E-state index in [2.05, 4.69) is 175 Å². The van der Waals surface area contributed by atoms with Crippen molar-refractivity contribution in [2.24, 2.45) is 41.4 Å². The number of aromatic nitrogens is 8. The second-order valence-electron chi connectivity index (χ2n) is 28.3. The van der Waals surface area contributed by atoms with Crippen LogP contribution in [-0.2, 0) is 44.9 Å². The lowest BCUT2D eigenvalue weighted by Crippen LogP contribution is -2.04. The van der Waals surface area contributed by atoms with Crippen LogP contribution >= 0.6 is 104 Å². The number of fused-ring (bicyclic) bond motifs is 3. The number of aryl methyl sites for hydroxylation is 2. The molecule has 13 aromatic rings. The summed E-state index contributed by atoms with van der Waals surface area (Å²) in [5, 5.41) is 21.2. The van der Waals surface area contributed by atoms with Gasteiger partial charge in [0.25, 0.3) is 0 Å². The highest BCUT2D eigenvalue weighted by atomic mass is 35.5. The number of nitrogen functional groups attached to an aromatic ring is 1. The Balaban J connectivity index is 0.000000167. The van der Waals surface area contributed by atoms with Gasteiger partial charge in [-0.3, -0.25) is 15.1 Å². The summed E-state index contributed by atoms with van der Waals surface area (Å²) < 4.78 is 12.9. The average Bonchev–Trinajstić information content (AvgIpc) is 1.80. The van der Waals surface area contributed by atoms with Crippen molar-refractivity contribution < 1.29 is 9.05 Å². The Bertz CT molecular complexity index is 4480. The Hall–Kier alpha value is -6.56. The van der Waals surface area contributed by atoms with Gasteiger partial charge in [-0.05, 0) is 219 Å². The highest BCUT2D eigenvalue weighted by molar-refractivity contribution is 7.20. The number of halogens is 6. The maximum absolute atomic E-state index is 5.97. The molecule has 102 heavy (non-hydrogen) atoms. The van der Waals surface area contributed by atoms with E-state index in [-0.39, 0.29) is 0 Å². The number of H-pyrrole nitrogens is 2. The molecule has 542 valence electrons. The zero-order valence-electron chi connectivity index (χ0n) is 61.4. The third-order valence-corrected chi connectivity index (χ3v) is 19.8. The molecule has 0 radical (unpaired) electrons. The topological polar surface area (TPSA) is 161 Å². The van der Waals surface area contributed by atoms with Crippen molar-refractivity contribution in [2.45, 2.75) is 156 Å². The van der Waals surface area contributed by atoms with E-state index in [1.807, 2.05) is 122 Å². The molecule has 13 rings (SSSR count). The summed E-state index contributed by atoms with van der Waals surface area (Å²) in [6.07, 6.45) is 11.2. The molecule has 3 aromatic carbocycles. The minimum atomic E-state index is 0.581. The second-order valence-corrected chi connectivity index (χ2v) is 34.8. The number of hydrogen-bond donors (Lipinski definition) is 3. The van der Waals surface area contributed by atoms with Crippen LogP contribution in [0.2, 0.25) is 28.1 Å². The van der Waals surface area contributed by atoms with Crippen LogP contribution in [0.4, 0.5) is 5.82 Å². The van der Waals surface area contributed by atoms with E-state index in [0.29, 0.717) is 47.2 Å². The largest absolute Gasteiger partial charge is 0.384 e. The van der Waals surface area contributed by atoms with Gasteiger partial charge in [-0.15, -0.1) is 34.0 Å². The van der Waals surface area contributed by atoms with Crippen LogP contribution in [-0.4, -0.2) is 40.4 Å². The molecule has 0 fully saturated rings. The van der Waals surface area contributed by atoms with E-state index >= 15 is 0 Å². The van der Waals surface area contributed by atoms with Crippen LogP contribution in [0, 0.1) is 55.3 Å². The number of hydrogen-bond acceptors (Lipinski definition) is 12. The van der Waals surface area contributed by atoms with Gasteiger partial charge in [0, 0.05) is 84.8 Å². The van der Waals surface area contributed by atoms with Gasteiger partial charge in [-0.25, -0.2) is 4.98 Å². The number of thiophene rings is 3. The van der Waals surface area contributed by atoms with Crippen LogP contribution in [0.1, 0.15) is 148 Å². The molecule has 20 heteroatoms. The molecule has 0 aliphatic rings. The summed E-state index contributed by atoms with van der Waals surface area (Å²) >= 11 is 40.1. The average molecular weight is 1550 g/mol. The number of rotatable bonds is 17. The molecule has 11 nitrogen and oxygen atoms in total. The molecule has 0 aliphatic carbocycles. The number of nitrogens with zero attached hydrogens (tertiary/aromatic N) is 6. The van der Waals surface area contributed by atoms with Gasteiger partial charge < -0.3 is 19.8 Å². The molecule has 10 heterocycles. The fraction of sp³-hybridized carbons (Fsp3) is 0.366. The Morgan fingerprint density at radius 3 is 1.60 bits per heavy atom. The minimum Gasteiger partial charge on any atom is -0.384 e. The summed E-state index contributed by atoms with van der Waals surface area (Å²) in [5.41, 5.74) is 20.3. The van der Waals surface area contributed by atoms with Gasteiger partial charge in [0.05, 0.1) is 50.1 Å². The SMILES string of the molecule is CC(C)Cc1[nH]nc2ccc(Cl)cc12.CC(C)Cc1c[nH]c2ccc(Cl)cc12.CC(C)Cc1cc(-c2ccc(Cl)s2)no1.CC(C)Cc1cc(-c2ccc(Cl)s2)on1.CC(C)Cc1ccc(-c2ccc(Cl)s2)nc1.CC(C)Cc1ccc2ccc(Cl)cc2n1.Cc1cc(N)nc(C)c1CC(C)C. The third kappa shape index (κ3) is 27.5. The minimum absolute atomic E-state index is 0.581. The van der Waals surface area contributed by atoms with Crippen LogP contribution < -0.4 is 5.73 Å². The summed E-state index contributed by atoms with van der Waals surface area (Å²) in [6, 6.07) is 43.5. The first-order chi connectivity index (χ1) is 48.4. The molecule has 0 saturated heterocycles. The highest BCUT2D eigenvalue weighted by Crippen LogP contribution is 2.34. The lowest BCUT2D eigenvalue weighted by Gasteiger charge is -2.11. The zero-order valence-corrected chi connectivity index (χ0v) is 68.4. The van der Waals surface area contributed by atoms with E-state index in [9.17, 15) is 0 Å². The molecule has 0 atom stereocenters. The summed E-state index contributed by atoms with van der Waals surface area (Å²) in [4.78, 5) is 19.8. The molecule has 0 spiro atoms. The Labute approximate surface area is 645 Å². The predicted molar refractivity (Wildman–Crippen MR) is 441 cm³/mol. The number of benzene rings is 3. The van der Waals surface area contributed by atoms with Gasteiger partial charge in [-0.1, -0.05) is 195 Å². The van der Waals surface area contributed by atoms with Crippen LogP contribution in [0.25, 0.3) is 64.5 Å². The van der Waals surface area contributed by atoms with E-state index in [0.717, 1.165) is 149 Å². The summed E-state index contributed by atoms with van der Waals surface area (Å²) in [6.45, 7) is 34.9. The number of nitrogens with two attached hydrogens (primary N) is 1. The highest BCUT2D eigenvalue weighted by Gasteiger charge is 2.14. The first-order valence-corrected chi connectivity index (χ1v) is 39.4. The van der Waals surface area contributed by atoms with Crippen LogP contribution in [0.3, 0.4) is 0 Å². The van der Waals surface area contributed by atoms with Crippen molar-refractivity contribution in [1.82, 2.24) is 40.4 Å². The summed E-state index contributed by atoms with van der Waals surface area (Å²) in [5.74, 6) is 6.81. The second kappa shape index (κ2) is 40.6. The molecule has 0 saturated carbocycles. The van der Waals surface area contributed by atoms with Crippen molar-refractivity contribution in [1.29, 1.82) is 0 Å². The van der Waals surface area contributed by atoms with Crippen molar-refractivity contribution in [3.05, 3.63) is 225 Å². The lowest BCUT2D eigenvalue weighted by molar-refractivity contribution is 0.370. The Kier molecular flexibility index (Phi) is 33.0. The van der Waals surface area contributed by atoms with E-state index in [1.165, 1.54) is 61.5 Å². The number of nitrogens with one attached hydrogen (secondary N) is 2. The summed E-state index contributed by atoms with van der Waals surface area (Å²) in [7, 11) is 0. The van der Waals surface area contributed by atoms with Gasteiger partial charge in [0.1, 0.15) is 17.3 Å². The van der Waals surface area contributed by atoms with Gasteiger partial charge in [0.15, 0.2) is 5.76 Å². The quantitative estimate of drug-likeness (QED) is 0.0806. The van der Waals surface area contributed by atoms with Gasteiger partial charge >= 0.3 is 0 Å². The molecule has 10 aromatic heterocycles. The fourth-order valence-electron chi connectivity index (χ4n) is 11.0. The molecular formula is C82H97Cl6N9O2S3. The lowest BCUT2D eigenvalue weighted by atomic mass is 9.98. The monoisotopic (exact) mass is 1550 g/mol. The maximum atomic E-state index is 5.97. The van der Waals surface area contributed by atoms with E-state index in [1.54, 1.807) is 11.3 Å². The van der Waals surface area contributed by atoms with Crippen molar-refractivity contribution >= 4 is 142 Å². The van der Waals surface area contributed by atoms with E-state index < -0.39 is 0 Å². The number of pyridine rings is 3.